The van der Waals surface area contributed by atoms with Crippen molar-refractivity contribution in [2.75, 3.05) is 38.0 Å². The van der Waals surface area contributed by atoms with E-state index in [2.05, 4.69) is 15.6 Å². The lowest BCUT2D eigenvalue weighted by Gasteiger charge is -2.21. The number of hydrogen-bond acceptors (Lipinski definition) is 6. The molecule has 0 saturated carbocycles. The number of fused-ring (bicyclic) bond motifs is 1. The lowest BCUT2D eigenvalue weighted by atomic mass is 10.1. The first-order valence-electron chi connectivity index (χ1n) is 9.74. The summed E-state index contributed by atoms with van der Waals surface area (Å²) >= 11 is 0. The van der Waals surface area contributed by atoms with Gasteiger partial charge in [-0.05, 0) is 51.0 Å². The summed E-state index contributed by atoms with van der Waals surface area (Å²) in [5, 5.41) is 5.72. The third kappa shape index (κ3) is 4.48. The lowest BCUT2D eigenvalue weighted by Crippen LogP contribution is -2.40. The average Bonchev–Trinajstić information content (AvgIpc) is 3.06. The van der Waals surface area contributed by atoms with Gasteiger partial charge in [0.05, 0.1) is 19.9 Å². The number of likely N-dealkylation sites (N-methyl/N-ethyl adjacent to an activating group) is 1. The van der Waals surface area contributed by atoms with Crippen LogP contribution in [0.5, 0.6) is 11.5 Å². The quantitative estimate of drug-likeness (QED) is 0.785. The third-order valence-electron chi connectivity index (χ3n) is 4.74. The first-order chi connectivity index (χ1) is 14.1. The van der Waals surface area contributed by atoms with Crippen molar-refractivity contribution in [2.45, 2.75) is 32.7 Å². The second-order valence-corrected chi connectivity index (χ2v) is 8.27. The fourth-order valence-corrected chi connectivity index (χ4v) is 3.31. The summed E-state index contributed by atoms with van der Waals surface area (Å²) in [6.45, 7) is 6.56. The van der Waals surface area contributed by atoms with Crippen molar-refractivity contribution in [1.82, 2.24) is 10.3 Å². The van der Waals surface area contributed by atoms with E-state index in [1.807, 2.05) is 38.8 Å². The first-order valence-corrected chi connectivity index (χ1v) is 9.74. The third-order valence-corrected chi connectivity index (χ3v) is 4.74. The summed E-state index contributed by atoms with van der Waals surface area (Å²) in [5.41, 5.74) is 1.67. The van der Waals surface area contributed by atoms with Crippen LogP contribution in [0.25, 0.3) is 0 Å². The van der Waals surface area contributed by atoms with Crippen molar-refractivity contribution >= 4 is 23.3 Å². The van der Waals surface area contributed by atoms with Crippen molar-refractivity contribution in [3.05, 3.63) is 41.1 Å². The fourth-order valence-electron chi connectivity index (χ4n) is 3.31. The van der Waals surface area contributed by atoms with E-state index in [9.17, 15) is 9.59 Å². The number of benzene rings is 1. The van der Waals surface area contributed by atoms with Crippen molar-refractivity contribution in [3.63, 3.8) is 0 Å². The van der Waals surface area contributed by atoms with Crippen LogP contribution >= 0.6 is 0 Å². The minimum Gasteiger partial charge on any atom is -0.493 e. The van der Waals surface area contributed by atoms with Crippen molar-refractivity contribution in [1.29, 1.82) is 0 Å². The SMILES string of the molecule is COc1cc(C(=O)NC(C)(C)C)cc(NC(=O)c2ccc3c(n2)N(C)CC3)c1OC. The summed E-state index contributed by atoms with van der Waals surface area (Å²) in [5.74, 6) is 0.806. The molecule has 30 heavy (non-hydrogen) atoms. The van der Waals surface area contributed by atoms with Crippen LogP contribution in [0, 0.1) is 0 Å². The maximum Gasteiger partial charge on any atom is 0.274 e. The van der Waals surface area contributed by atoms with Crippen LogP contribution in [0.1, 0.15) is 47.2 Å². The fraction of sp³-hybridized carbons (Fsp3) is 0.409. The molecule has 2 aromatic rings. The van der Waals surface area contributed by atoms with Crippen LogP contribution in [0.2, 0.25) is 0 Å². The van der Waals surface area contributed by atoms with E-state index in [4.69, 9.17) is 9.47 Å². The number of methoxy groups -OCH3 is 2. The van der Waals surface area contributed by atoms with Gasteiger partial charge in [-0.2, -0.15) is 0 Å². The smallest absolute Gasteiger partial charge is 0.274 e. The number of rotatable bonds is 5. The van der Waals surface area contributed by atoms with Gasteiger partial charge in [0.15, 0.2) is 11.5 Å². The van der Waals surface area contributed by atoms with E-state index in [1.165, 1.54) is 14.2 Å². The molecule has 1 aliphatic rings. The van der Waals surface area contributed by atoms with E-state index in [0.29, 0.717) is 22.7 Å². The summed E-state index contributed by atoms with van der Waals surface area (Å²) in [7, 11) is 4.91. The highest BCUT2D eigenvalue weighted by molar-refractivity contribution is 6.05. The molecule has 1 aliphatic heterocycles. The predicted octanol–water partition coefficient (Wildman–Crippen LogP) is 2.87. The summed E-state index contributed by atoms with van der Waals surface area (Å²) in [4.78, 5) is 32.1. The Hall–Kier alpha value is -3.29. The van der Waals surface area contributed by atoms with Crippen molar-refractivity contribution in [3.8, 4) is 11.5 Å². The van der Waals surface area contributed by atoms with Crippen LogP contribution in [0.15, 0.2) is 24.3 Å². The zero-order chi connectivity index (χ0) is 22.1. The van der Waals surface area contributed by atoms with Crippen LogP contribution in [-0.4, -0.2) is 50.1 Å². The summed E-state index contributed by atoms with van der Waals surface area (Å²) in [6.07, 6.45) is 0.913. The molecule has 1 aromatic heterocycles. The Kier molecular flexibility index (Phi) is 5.87. The molecular weight excluding hydrogens is 384 g/mol. The average molecular weight is 412 g/mol. The number of aromatic nitrogens is 1. The summed E-state index contributed by atoms with van der Waals surface area (Å²) in [6, 6.07) is 6.77. The summed E-state index contributed by atoms with van der Waals surface area (Å²) < 4.78 is 10.8. The number of carbonyl (C=O) groups excluding carboxylic acids is 2. The zero-order valence-corrected chi connectivity index (χ0v) is 18.3. The van der Waals surface area contributed by atoms with E-state index >= 15 is 0 Å². The molecule has 0 bridgehead atoms. The van der Waals surface area contributed by atoms with Gasteiger partial charge in [0.2, 0.25) is 0 Å². The molecule has 2 heterocycles. The van der Waals surface area contributed by atoms with Crippen LogP contribution in [0.3, 0.4) is 0 Å². The molecular formula is C22H28N4O4. The van der Waals surface area contributed by atoms with Crippen LogP contribution < -0.4 is 25.0 Å². The van der Waals surface area contributed by atoms with Gasteiger partial charge in [-0.15, -0.1) is 0 Å². The Labute approximate surface area is 176 Å². The monoisotopic (exact) mass is 412 g/mol. The molecule has 0 aliphatic carbocycles. The number of nitrogens with zero attached hydrogens (tertiary/aromatic N) is 2. The van der Waals surface area contributed by atoms with Gasteiger partial charge in [-0.3, -0.25) is 9.59 Å². The highest BCUT2D eigenvalue weighted by atomic mass is 16.5. The number of carbonyl (C=O) groups is 2. The Morgan fingerprint density at radius 3 is 2.47 bits per heavy atom. The molecule has 2 amide bonds. The van der Waals surface area contributed by atoms with Crippen LogP contribution in [-0.2, 0) is 6.42 Å². The Balaban J connectivity index is 1.94. The second kappa shape index (κ2) is 8.22. The molecule has 160 valence electrons. The van der Waals surface area contributed by atoms with Gasteiger partial charge in [0.25, 0.3) is 11.8 Å². The van der Waals surface area contributed by atoms with Gasteiger partial charge in [0, 0.05) is 24.7 Å². The molecule has 0 spiro atoms. The second-order valence-electron chi connectivity index (χ2n) is 8.27. The topological polar surface area (TPSA) is 92.8 Å². The van der Waals surface area contributed by atoms with E-state index in [-0.39, 0.29) is 11.6 Å². The zero-order valence-electron chi connectivity index (χ0n) is 18.3. The normalized spacial score (nSPS) is 12.9. The number of ether oxygens (including phenoxy) is 2. The van der Waals surface area contributed by atoms with Gasteiger partial charge >= 0.3 is 0 Å². The molecule has 0 atom stereocenters. The number of pyridine rings is 1. The largest absolute Gasteiger partial charge is 0.493 e. The molecule has 2 N–H and O–H groups in total. The molecule has 0 radical (unpaired) electrons. The predicted molar refractivity (Wildman–Crippen MR) is 116 cm³/mol. The van der Waals surface area contributed by atoms with Crippen LogP contribution in [0.4, 0.5) is 11.5 Å². The highest BCUT2D eigenvalue weighted by Gasteiger charge is 2.23. The van der Waals surface area contributed by atoms with E-state index in [1.54, 1.807) is 18.2 Å². The Bertz CT molecular complexity index is 982. The number of amides is 2. The number of anilines is 2. The van der Waals surface area contributed by atoms with Crippen molar-refractivity contribution < 1.29 is 19.1 Å². The number of nitrogens with one attached hydrogen (secondary N) is 2. The molecule has 0 saturated heterocycles. The highest BCUT2D eigenvalue weighted by Crippen LogP contribution is 2.37. The molecule has 8 heteroatoms. The molecule has 0 fully saturated rings. The van der Waals surface area contributed by atoms with Crippen molar-refractivity contribution in [2.24, 2.45) is 0 Å². The van der Waals surface area contributed by atoms with Gasteiger partial charge in [-0.1, -0.05) is 6.07 Å². The molecule has 0 unspecified atom stereocenters. The van der Waals surface area contributed by atoms with E-state index < -0.39 is 11.4 Å². The Morgan fingerprint density at radius 2 is 1.83 bits per heavy atom. The molecule has 8 nitrogen and oxygen atoms in total. The maximum absolute atomic E-state index is 12.9. The Morgan fingerprint density at radius 1 is 1.10 bits per heavy atom. The minimum absolute atomic E-state index is 0.281. The van der Waals surface area contributed by atoms with Gasteiger partial charge in [-0.25, -0.2) is 4.98 Å². The van der Waals surface area contributed by atoms with E-state index in [0.717, 1.165) is 24.3 Å². The minimum atomic E-state index is -0.409. The lowest BCUT2D eigenvalue weighted by molar-refractivity contribution is 0.0918. The molecule has 1 aromatic carbocycles. The standard InChI is InChI=1S/C22H28N4O4/c1-22(2,3)25-20(27)14-11-16(18(30-6)17(12-14)29-5)24-21(28)15-8-7-13-9-10-26(4)19(13)23-15/h7-8,11-12H,9-10H2,1-6H3,(H,24,28)(H,25,27). The molecule has 3 rings (SSSR count). The maximum atomic E-state index is 12.9. The van der Waals surface area contributed by atoms with Gasteiger partial charge in [0.1, 0.15) is 11.5 Å². The number of hydrogen-bond donors (Lipinski definition) is 2. The van der Waals surface area contributed by atoms with Gasteiger partial charge < -0.3 is 25.0 Å². The first kappa shape index (κ1) is 21.4.